The highest BCUT2D eigenvalue weighted by Gasteiger charge is 2.23. The van der Waals surface area contributed by atoms with Crippen molar-refractivity contribution in [1.82, 2.24) is 15.2 Å². The summed E-state index contributed by atoms with van der Waals surface area (Å²) in [5.41, 5.74) is 0. The van der Waals surface area contributed by atoms with Gasteiger partial charge in [-0.15, -0.1) is 0 Å². The number of amides is 2. The molecule has 1 aromatic rings. The number of aromatic nitrogens is 1. The number of hydrogen-bond donors (Lipinski definition) is 1. The molecule has 0 saturated carbocycles. The van der Waals surface area contributed by atoms with Gasteiger partial charge >= 0.3 is 0 Å². The number of piperazine rings is 1. The van der Waals surface area contributed by atoms with Crippen molar-refractivity contribution < 1.29 is 9.59 Å². The number of rotatable bonds is 6. The van der Waals surface area contributed by atoms with Crippen molar-refractivity contribution in [2.75, 3.05) is 37.6 Å². The van der Waals surface area contributed by atoms with Gasteiger partial charge in [0.05, 0.1) is 0 Å². The van der Waals surface area contributed by atoms with Crippen molar-refractivity contribution in [1.29, 1.82) is 0 Å². The maximum Gasteiger partial charge on any atom is 0.232 e. The van der Waals surface area contributed by atoms with Gasteiger partial charge in [-0.2, -0.15) is 0 Å². The fourth-order valence-electron chi connectivity index (χ4n) is 2.54. The molecule has 0 aromatic carbocycles. The Bertz CT molecular complexity index is 511. The Morgan fingerprint density at radius 3 is 2.57 bits per heavy atom. The second kappa shape index (κ2) is 8.50. The van der Waals surface area contributed by atoms with Crippen molar-refractivity contribution >= 4 is 17.6 Å². The van der Waals surface area contributed by atoms with E-state index in [1.165, 1.54) is 0 Å². The molecule has 0 unspecified atom stereocenters. The van der Waals surface area contributed by atoms with Crippen LogP contribution in [0.4, 0.5) is 5.82 Å². The molecule has 1 aliphatic heterocycles. The Hall–Kier alpha value is -2.11. The molecular weight excluding hydrogens is 292 g/mol. The fraction of sp³-hybridized carbons (Fsp3) is 0.588. The van der Waals surface area contributed by atoms with Crippen molar-refractivity contribution in [3.05, 3.63) is 24.4 Å². The largest absolute Gasteiger partial charge is 0.356 e. The number of hydrogen-bond acceptors (Lipinski definition) is 4. The van der Waals surface area contributed by atoms with Gasteiger partial charge < -0.3 is 15.1 Å². The van der Waals surface area contributed by atoms with E-state index in [-0.39, 0.29) is 18.2 Å². The number of nitrogens with zero attached hydrogens (tertiary/aromatic N) is 3. The van der Waals surface area contributed by atoms with Crippen LogP contribution in [-0.2, 0) is 9.59 Å². The van der Waals surface area contributed by atoms with Gasteiger partial charge in [-0.3, -0.25) is 9.59 Å². The summed E-state index contributed by atoms with van der Waals surface area (Å²) >= 11 is 0. The second-order valence-corrected chi connectivity index (χ2v) is 6.27. The molecule has 23 heavy (non-hydrogen) atoms. The van der Waals surface area contributed by atoms with E-state index in [1.54, 1.807) is 11.1 Å². The van der Waals surface area contributed by atoms with E-state index >= 15 is 0 Å². The summed E-state index contributed by atoms with van der Waals surface area (Å²) in [7, 11) is 0. The smallest absolute Gasteiger partial charge is 0.232 e. The van der Waals surface area contributed by atoms with Crippen molar-refractivity contribution in [2.24, 2.45) is 5.92 Å². The molecule has 0 aliphatic carbocycles. The quantitative estimate of drug-likeness (QED) is 0.803. The number of anilines is 1. The van der Waals surface area contributed by atoms with E-state index in [4.69, 9.17) is 0 Å². The van der Waals surface area contributed by atoms with E-state index in [9.17, 15) is 9.59 Å². The first-order valence-electron chi connectivity index (χ1n) is 8.26. The molecule has 1 saturated heterocycles. The molecule has 2 heterocycles. The maximum absolute atomic E-state index is 12.2. The highest BCUT2D eigenvalue weighted by atomic mass is 16.2. The molecular formula is C17H26N4O2. The summed E-state index contributed by atoms with van der Waals surface area (Å²) < 4.78 is 0. The number of carbonyl (C=O) groups excluding carboxylic acids is 2. The lowest BCUT2D eigenvalue weighted by Gasteiger charge is -2.35. The van der Waals surface area contributed by atoms with Crippen LogP contribution < -0.4 is 10.2 Å². The highest BCUT2D eigenvalue weighted by molar-refractivity contribution is 5.96. The Kier molecular flexibility index (Phi) is 6.38. The van der Waals surface area contributed by atoms with Crippen LogP contribution in [0.15, 0.2) is 24.4 Å². The lowest BCUT2D eigenvalue weighted by molar-refractivity contribution is -0.136. The number of carbonyl (C=O) groups is 2. The van der Waals surface area contributed by atoms with Gasteiger partial charge in [0.25, 0.3) is 0 Å². The van der Waals surface area contributed by atoms with E-state index < -0.39 is 0 Å². The molecule has 0 atom stereocenters. The molecule has 2 rings (SSSR count). The maximum atomic E-state index is 12.2. The third kappa shape index (κ3) is 5.54. The molecule has 1 aliphatic rings. The summed E-state index contributed by atoms with van der Waals surface area (Å²) in [6.45, 7) is 7.62. The topological polar surface area (TPSA) is 65.5 Å². The van der Waals surface area contributed by atoms with Crippen LogP contribution >= 0.6 is 0 Å². The highest BCUT2D eigenvalue weighted by Crippen LogP contribution is 2.13. The van der Waals surface area contributed by atoms with Crippen LogP contribution in [0, 0.1) is 5.92 Å². The van der Waals surface area contributed by atoms with E-state index in [0.717, 1.165) is 25.3 Å². The van der Waals surface area contributed by atoms with E-state index in [0.29, 0.717) is 25.6 Å². The molecule has 0 spiro atoms. The van der Waals surface area contributed by atoms with Gasteiger partial charge in [-0.05, 0) is 24.5 Å². The molecule has 1 N–H and O–H groups in total. The van der Waals surface area contributed by atoms with Gasteiger partial charge in [-0.1, -0.05) is 19.9 Å². The summed E-state index contributed by atoms with van der Waals surface area (Å²) in [5.74, 6) is 1.22. The predicted octanol–water partition coefficient (Wildman–Crippen LogP) is 1.28. The summed E-state index contributed by atoms with van der Waals surface area (Å²) in [6.07, 6.45) is 2.65. The van der Waals surface area contributed by atoms with Crippen molar-refractivity contribution in [2.45, 2.75) is 26.7 Å². The van der Waals surface area contributed by atoms with Crippen LogP contribution in [0.2, 0.25) is 0 Å². The Labute approximate surface area is 137 Å². The normalized spacial score (nSPS) is 14.9. The first-order valence-corrected chi connectivity index (χ1v) is 8.26. The first-order chi connectivity index (χ1) is 11.1. The zero-order chi connectivity index (χ0) is 16.7. The van der Waals surface area contributed by atoms with Crippen LogP contribution in [0.5, 0.6) is 0 Å². The standard InChI is InChI=1S/C17H26N4O2/c1-14(2)6-8-19-16(22)13-17(23)21-11-9-20(10-12-21)15-5-3-4-7-18-15/h3-5,7,14H,6,8-13H2,1-2H3,(H,19,22). The van der Waals surface area contributed by atoms with Crippen LogP contribution in [-0.4, -0.2) is 54.4 Å². The summed E-state index contributed by atoms with van der Waals surface area (Å²) in [6, 6.07) is 5.82. The van der Waals surface area contributed by atoms with Crippen LogP contribution in [0.1, 0.15) is 26.7 Å². The Morgan fingerprint density at radius 2 is 1.96 bits per heavy atom. The number of pyridine rings is 1. The van der Waals surface area contributed by atoms with Crippen LogP contribution in [0.3, 0.4) is 0 Å². The van der Waals surface area contributed by atoms with Gasteiger partial charge in [0, 0.05) is 38.9 Å². The molecule has 1 aromatic heterocycles. The third-order valence-corrected chi connectivity index (χ3v) is 3.96. The molecule has 6 heteroatoms. The zero-order valence-corrected chi connectivity index (χ0v) is 14.0. The average Bonchev–Trinajstić information content (AvgIpc) is 2.55. The lowest BCUT2D eigenvalue weighted by atomic mass is 10.1. The average molecular weight is 318 g/mol. The summed E-state index contributed by atoms with van der Waals surface area (Å²) in [4.78, 5) is 32.2. The van der Waals surface area contributed by atoms with Gasteiger partial charge in [0.1, 0.15) is 12.2 Å². The van der Waals surface area contributed by atoms with E-state index in [2.05, 4.69) is 29.0 Å². The monoisotopic (exact) mass is 318 g/mol. The fourth-order valence-corrected chi connectivity index (χ4v) is 2.54. The molecule has 2 amide bonds. The Morgan fingerprint density at radius 1 is 1.22 bits per heavy atom. The molecule has 1 fully saturated rings. The molecule has 126 valence electrons. The van der Waals surface area contributed by atoms with Crippen molar-refractivity contribution in [3.8, 4) is 0 Å². The van der Waals surface area contributed by atoms with Gasteiger partial charge in [0.15, 0.2) is 0 Å². The SMILES string of the molecule is CC(C)CCNC(=O)CC(=O)N1CCN(c2ccccn2)CC1. The number of nitrogens with one attached hydrogen (secondary N) is 1. The molecule has 0 bridgehead atoms. The minimum atomic E-state index is -0.178. The second-order valence-electron chi connectivity index (χ2n) is 6.27. The molecule has 6 nitrogen and oxygen atoms in total. The first kappa shape index (κ1) is 17.2. The lowest BCUT2D eigenvalue weighted by Crippen LogP contribution is -2.49. The zero-order valence-electron chi connectivity index (χ0n) is 14.0. The molecule has 0 radical (unpaired) electrons. The van der Waals surface area contributed by atoms with E-state index in [1.807, 2.05) is 18.2 Å². The minimum absolute atomic E-state index is 0.0539. The van der Waals surface area contributed by atoms with Gasteiger partial charge in [-0.25, -0.2) is 4.98 Å². The predicted molar refractivity (Wildman–Crippen MR) is 90.1 cm³/mol. The third-order valence-electron chi connectivity index (χ3n) is 3.96. The van der Waals surface area contributed by atoms with Crippen molar-refractivity contribution in [3.63, 3.8) is 0 Å². The minimum Gasteiger partial charge on any atom is -0.356 e. The van der Waals surface area contributed by atoms with Gasteiger partial charge in [0.2, 0.25) is 11.8 Å². The Balaban J connectivity index is 1.72. The van der Waals surface area contributed by atoms with Crippen LogP contribution in [0.25, 0.3) is 0 Å². The summed E-state index contributed by atoms with van der Waals surface area (Å²) in [5, 5.41) is 2.81.